The Bertz CT molecular complexity index is 4160. The number of fused-ring (bicyclic) bond motifs is 4. The van der Waals surface area contributed by atoms with Crippen LogP contribution < -0.4 is 10.6 Å². The van der Waals surface area contributed by atoms with E-state index in [1.807, 2.05) is 188 Å². The molecule has 2 bridgehead atoms. The van der Waals surface area contributed by atoms with Gasteiger partial charge in [-0.1, -0.05) is 188 Å². The Morgan fingerprint density at radius 2 is 1.08 bits per heavy atom. The Hall–Kier alpha value is -4.88. The number of carbonyl (C=O) groups is 4. The molecule has 8 aliphatic rings. The molecular weight excluding hydrogens is 1840 g/mol. The number of nitrogens with zero attached hydrogens (tertiary/aromatic N) is 3. The Labute approximate surface area is 868 Å². The number of pyridine rings is 1. The van der Waals surface area contributed by atoms with Crippen LogP contribution >= 0.6 is 0 Å². The van der Waals surface area contributed by atoms with Crippen LogP contribution in [-0.2, 0) is 80.9 Å². The highest BCUT2D eigenvalue weighted by atomic mass is 16.7. The van der Waals surface area contributed by atoms with Gasteiger partial charge in [-0.05, 0) is 227 Å². The second-order valence-corrected chi connectivity index (χ2v) is 44.5. The number of likely N-dealkylation sites (N-methyl/N-ethyl adjacent to an activating group) is 1. The summed E-state index contributed by atoms with van der Waals surface area (Å²) in [5.74, 6) is -7.35. The van der Waals surface area contributed by atoms with Crippen molar-refractivity contribution in [3.05, 3.63) is 48.2 Å². The molecule has 7 aliphatic heterocycles. The fourth-order valence-corrected chi connectivity index (χ4v) is 23.3. The van der Waals surface area contributed by atoms with Crippen molar-refractivity contribution >= 4 is 46.4 Å². The predicted molar refractivity (Wildman–Crippen MR) is 568 cm³/mol. The van der Waals surface area contributed by atoms with Gasteiger partial charge in [0.05, 0.1) is 112 Å². The molecule has 38 atom stereocenters. The molecule has 144 heavy (non-hydrogen) atoms. The SMILES string of the molecule is CC.CC.CC.CC.CC[C@H]1OC(=O)[C@H](C)[C@@H](O[C@@H]2C[C@@H](C)[C@H](O)[C@](C)(OC)C2)[C@H](C)[C@@H](C)[C@](C)(OC)C[C@@H](C)C(=O)[C@H](C)[C@@H](OC/C=C/c2cnc3ccccc3c2)[C@]1(C)O.CC[C@H]1OC(=O)[C@H](C)[C@@H](O[C@H]2C[C@@](C)(OC)[C@@H](O)[C@H](C)O2)[C@H](C)[C@@H](C)[C@](C)(O)C[C@@H](C)C(=NOC2CCCNC2)[C@H](C)[C@@H](O)[C@]1(C)O.CC[C@H]1OC(=O)[C@H](C)[C@@H]2C[C@@H](C)[C@](C)(C[C@@H](C)CN(C)[C@H](C)[C@@H](O)[C@]1(C)O)OC1(CCNCC1)O2. The zero-order valence-corrected chi connectivity index (χ0v) is 96.4. The number of benzene rings is 1. The first-order valence-electron chi connectivity index (χ1n) is 55.1. The molecule has 0 radical (unpaired) electrons. The van der Waals surface area contributed by atoms with Crippen LogP contribution in [-0.4, -0.2) is 296 Å². The van der Waals surface area contributed by atoms with Crippen LogP contribution in [0.1, 0.15) is 338 Å². The molecule has 2 aromatic rings. The van der Waals surface area contributed by atoms with Crippen LogP contribution in [0.3, 0.4) is 0 Å². The molecule has 8 fully saturated rings. The number of cyclic esters (lactones) is 3. The van der Waals surface area contributed by atoms with Gasteiger partial charge < -0.3 is 118 Å². The molecule has 8 heterocycles. The van der Waals surface area contributed by atoms with Gasteiger partial charge in [0.2, 0.25) is 0 Å². The van der Waals surface area contributed by atoms with Gasteiger partial charge >= 0.3 is 17.9 Å². The smallest absolute Gasteiger partial charge is 0.311 e. The van der Waals surface area contributed by atoms with Gasteiger partial charge in [0.25, 0.3) is 0 Å². The minimum Gasteiger partial charge on any atom is -0.459 e. The highest BCUT2D eigenvalue weighted by Crippen LogP contribution is 2.49. The Morgan fingerprint density at radius 3 is 1.62 bits per heavy atom. The standard InChI is InChI=1S/C44H67NO9.C35H64N2O10.C27H50N2O6.4C2H6/c1-13-36-44(10,49)40(52-20-16-17-32-22-33-18-14-15-19-35(33)45-25-32)29(5)37(46)27(3)23-42(8,50-11)31(7)28(4)38(30(6)41(48)54-36)53-34-21-26(2)39(47)43(9,24-34)51-12;1-12-26-35(10,42)30(38)21(4)28(37-47-25-14-13-15-36-18-25)19(2)16-33(8,41)23(6)20(3)29(22(5)32(40)45-26)46-27-17-34(9,43-11)31(39)24(7)44-27;1-9-22-26(7,32)23(30)20(5)29(8)16-17(2)15-25(6)18(3)14-21(19(4)24(31)33-22)34-27(35-25)10-12-28-13-11-27;4*1-2/h14-19,22,25-31,34,36,38-40,47,49H,13,20-21,23-24H2,1-12H3;19-27,29-31,36,38-39,41-42H,12-18H2,1-11H3;17-23,28,30,32H,9-16H2,1-8H3;4*1-2H3/b17-16+;;;;;;/t26-,27-,28-,29+,30-,31-,34-,36-,38+,39+,40-,42-,43-,44-;19-,20-,21+,22-,23-,24+,25?,26-,27+,29+,30-,31+,33-,34-,35-;17-,18-,19-,20-,21+,22-,23-,25+,26-;;;;/m111..../s1. The number of aliphatic hydroxyl groups excluding tert-OH is 4. The second kappa shape index (κ2) is 58.3. The zero-order valence-electron chi connectivity index (χ0n) is 96.4. The number of ether oxygens (including phenoxy) is 12. The third-order valence-electron chi connectivity index (χ3n) is 33.7. The molecule has 1 aliphatic carbocycles. The van der Waals surface area contributed by atoms with Gasteiger partial charge in [-0.2, -0.15) is 0 Å². The van der Waals surface area contributed by atoms with Gasteiger partial charge in [-0.3, -0.25) is 24.2 Å². The molecule has 7 saturated heterocycles. The van der Waals surface area contributed by atoms with Crippen molar-refractivity contribution in [3.63, 3.8) is 0 Å². The molecule has 1 aromatic heterocycles. The number of hydrogen-bond donors (Lipinski definition) is 10. The van der Waals surface area contributed by atoms with Crippen LogP contribution in [0.2, 0.25) is 0 Å². The molecule has 0 amide bonds. The second-order valence-electron chi connectivity index (χ2n) is 44.5. The zero-order chi connectivity index (χ0) is 110. The number of para-hydroxylation sites is 1. The number of esters is 3. The first-order chi connectivity index (χ1) is 67.4. The number of rotatable bonds is 16. The average Bonchev–Trinajstić information content (AvgIpc) is 1.41. The van der Waals surface area contributed by atoms with Crippen molar-refractivity contribution < 1.29 is 122 Å². The van der Waals surface area contributed by atoms with Gasteiger partial charge in [-0.15, -0.1) is 0 Å². The number of nitrogens with one attached hydrogen (secondary N) is 2. The van der Waals surface area contributed by atoms with E-state index >= 15 is 0 Å². The number of methoxy groups -OCH3 is 3. The van der Waals surface area contributed by atoms with Gasteiger partial charge in [0.1, 0.15) is 59.2 Å². The molecule has 1 unspecified atom stereocenters. The lowest BCUT2D eigenvalue weighted by atomic mass is 9.70. The number of Topliss-reactive ketones (excluding diaryl/α,β-unsaturated/α-hetero) is 1. The van der Waals surface area contributed by atoms with Crippen molar-refractivity contribution in [2.24, 2.45) is 88.0 Å². The third kappa shape index (κ3) is 32.8. The molecule has 1 saturated carbocycles. The summed E-state index contributed by atoms with van der Waals surface area (Å²) in [4.78, 5) is 68.5. The summed E-state index contributed by atoms with van der Waals surface area (Å²) in [5.41, 5.74) is -7.02. The monoisotopic (exact) mass is 2040 g/mol. The molecule has 30 heteroatoms. The number of aliphatic hydroxyl groups is 8. The highest BCUT2D eigenvalue weighted by molar-refractivity contribution is 5.89. The maximum Gasteiger partial charge on any atom is 0.311 e. The van der Waals surface area contributed by atoms with E-state index in [1.54, 1.807) is 82.7 Å². The molecule has 1 spiro atoms. The Balaban J connectivity index is 0.000000443. The Kier molecular flexibility index (Phi) is 53.2. The summed E-state index contributed by atoms with van der Waals surface area (Å²) in [6, 6.07) is 9.60. The van der Waals surface area contributed by atoms with E-state index in [-0.39, 0.29) is 103 Å². The third-order valence-corrected chi connectivity index (χ3v) is 33.7. The van der Waals surface area contributed by atoms with Crippen LogP contribution in [0.5, 0.6) is 0 Å². The number of piperidine rings is 2. The summed E-state index contributed by atoms with van der Waals surface area (Å²) in [7, 11) is 6.77. The van der Waals surface area contributed by atoms with Gasteiger partial charge in [0, 0.05) is 114 Å². The van der Waals surface area contributed by atoms with Crippen LogP contribution in [0.4, 0.5) is 0 Å². The summed E-state index contributed by atoms with van der Waals surface area (Å²) in [5, 5.41) is 104. The summed E-state index contributed by atoms with van der Waals surface area (Å²) in [6.07, 6.45) is 1.85. The summed E-state index contributed by atoms with van der Waals surface area (Å²) < 4.78 is 75.5. The van der Waals surface area contributed by atoms with Crippen LogP contribution in [0.25, 0.3) is 17.0 Å². The largest absolute Gasteiger partial charge is 0.459 e. The lowest BCUT2D eigenvalue weighted by Gasteiger charge is -2.48. The molecule has 30 nitrogen and oxygen atoms in total. The van der Waals surface area contributed by atoms with Crippen molar-refractivity contribution in [2.45, 2.75) is 481 Å². The first kappa shape index (κ1) is 131. The van der Waals surface area contributed by atoms with E-state index in [0.29, 0.717) is 50.8 Å². The van der Waals surface area contributed by atoms with Crippen molar-refractivity contribution in [2.75, 3.05) is 67.7 Å². The maximum atomic E-state index is 14.3. The lowest BCUT2D eigenvalue weighted by Crippen LogP contribution is -2.59. The minimum absolute atomic E-state index is 0.0703. The van der Waals surface area contributed by atoms with E-state index < -0.39 is 177 Å². The van der Waals surface area contributed by atoms with E-state index in [4.69, 9.17) is 61.7 Å². The first-order valence-corrected chi connectivity index (χ1v) is 55.1. The van der Waals surface area contributed by atoms with E-state index in [1.165, 1.54) is 14.0 Å². The minimum atomic E-state index is -1.84. The normalized spacial score (nSPS) is 42.6. The van der Waals surface area contributed by atoms with Gasteiger partial charge in [-0.25, -0.2) is 0 Å². The molecule has 1 aromatic carbocycles. The van der Waals surface area contributed by atoms with Crippen molar-refractivity contribution in [1.82, 2.24) is 20.5 Å². The fourth-order valence-electron chi connectivity index (χ4n) is 23.3. The number of aromatic nitrogens is 1. The maximum absolute atomic E-state index is 14.3. The van der Waals surface area contributed by atoms with E-state index in [9.17, 15) is 60.0 Å². The number of ketones is 1. The van der Waals surface area contributed by atoms with Gasteiger partial charge in [0.15, 0.2) is 12.1 Å². The molecular formula is C114H205N5O25. The Morgan fingerprint density at radius 1 is 0.556 bits per heavy atom. The average molecular weight is 2050 g/mol. The molecule has 10 N–H and O–H groups in total. The number of hydrogen-bond acceptors (Lipinski definition) is 30. The van der Waals surface area contributed by atoms with Crippen LogP contribution in [0, 0.1) is 82.9 Å². The highest BCUT2D eigenvalue weighted by Gasteiger charge is 2.58. The summed E-state index contributed by atoms with van der Waals surface area (Å²) >= 11 is 0. The predicted octanol–water partition coefficient (Wildman–Crippen LogP) is 17.2. The van der Waals surface area contributed by atoms with Crippen LogP contribution in [0.15, 0.2) is 47.8 Å². The quantitative estimate of drug-likeness (QED) is 0.0424. The van der Waals surface area contributed by atoms with Crippen molar-refractivity contribution in [3.8, 4) is 0 Å². The summed E-state index contributed by atoms with van der Waals surface area (Å²) in [6.45, 7) is 70.7. The lowest BCUT2D eigenvalue weighted by molar-refractivity contribution is -0.306. The number of carbonyl (C=O) groups excluding carboxylic acids is 4. The number of oxime groups is 1. The molecule has 10 rings (SSSR count). The molecule has 836 valence electrons. The van der Waals surface area contributed by atoms with Crippen molar-refractivity contribution in [1.29, 1.82) is 0 Å². The fraction of sp³-hybridized carbons (Fsp3) is 0.860. The topological polar surface area (TPSA) is 403 Å². The van der Waals surface area contributed by atoms with E-state index in [2.05, 4.69) is 60.3 Å². The van der Waals surface area contributed by atoms with E-state index in [0.717, 1.165) is 74.7 Å².